The molecule has 0 fully saturated rings. The molecule has 102 valence electrons. The lowest BCUT2D eigenvalue weighted by molar-refractivity contribution is 0.182. The first-order valence-electron chi connectivity index (χ1n) is 6.81. The lowest BCUT2D eigenvalue weighted by atomic mass is 10.0. The zero-order valence-electron chi connectivity index (χ0n) is 11.6. The summed E-state index contributed by atoms with van der Waals surface area (Å²) in [4.78, 5) is 0. The van der Waals surface area contributed by atoms with Gasteiger partial charge in [-0.3, -0.25) is 0 Å². The average Bonchev–Trinajstić information content (AvgIpc) is 2.38. The van der Waals surface area contributed by atoms with Crippen molar-refractivity contribution >= 4 is 0 Å². The molecule has 0 aliphatic carbocycles. The molecule has 0 saturated heterocycles. The highest BCUT2D eigenvalue weighted by atomic mass is 19.1. The summed E-state index contributed by atoms with van der Waals surface area (Å²) in [6.07, 6.45) is 3.36. The van der Waals surface area contributed by atoms with Crippen molar-refractivity contribution < 1.29 is 9.13 Å². The van der Waals surface area contributed by atoms with Crippen molar-refractivity contribution in [3.63, 3.8) is 0 Å². The van der Waals surface area contributed by atoms with E-state index in [9.17, 15) is 4.39 Å². The number of halogens is 1. The van der Waals surface area contributed by atoms with Crippen LogP contribution in [0.5, 0.6) is 5.75 Å². The summed E-state index contributed by atoms with van der Waals surface area (Å²) in [6, 6.07) is 5.11. The second-order valence-corrected chi connectivity index (χ2v) is 4.66. The summed E-state index contributed by atoms with van der Waals surface area (Å²) in [6.45, 7) is 6.13. The number of rotatable bonds is 7. The molecule has 0 aliphatic rings. The van der Waals surface area contributed by atoms with E-state index in [0.717, 1.165) is 24.8 Å². The normalized spacial score (nSPS) is 12.8. The molecule has 3 heteroatoms. The second kappa shape index (κ2) is 7.37. The van der Waals surface area contributed by atoms with Gasteiger partial charge in [0.15, 0.2) is 11.6 Å². The maximum absolute atomic E-state index is 13.9. The second-order valence-electron chi connectivity index (χ2n) is 4.66. The van der Waals surface area contributed by atoms with Crippen molar-refractivity contribution in [2.24, 2.45) is 5.73 Å². The van der Waals surface area contributed by atoms with E-state index in [1.54, 1.807) is 6.07 Å². The summed E-state index contributed by atoms with van der Waals surface area (Å²) >= 11 is 0. The Morgan fingerprint density at radius 3 is 2.39 bits per heavy atom. The van der Waals surface area contributed by atoms with Crippen LogP contribution in [0.15, 0.2) is 18.2 Å². The van der Waals surface area contributed by atoms with Crippen LogP contribution in [0.1, 0.15) is 45.6 Å². The van der Waals surface area contributed by atoms with Crippen LogP contribution >= 0.6 is 0 Å². The lowest BCUT2D eigenvalue weighted by Gasteiger charge is -2.20. The zero-order valence-corrected chi connectivity index (χ0v) is 11.6. The molecule has 0 amide bonds. The minimum Gasteiger partial charge on any atom is -0.487 e. The third kappa shape index (κ3) is 3.98. The molecule has 0 radical (unpaired) electrons. The van der Waals surface area contributed by atoms with Crippen LogP contribution < -0.4 is 10.5 Å². The fourth-order valence-electron chi connectivity index (χ4n) is 1.90. The predicted molar refractivity (Wildman–Crippen MR) is 73.4 cm³/mol. The topological polar surface area (TPSA) is 35.2 Å². The van der Waals surface area contributed by atoms with E-state index in [1.807, 2.05) is 26.8 Å². The first-order valence-corrected chi connectivity index (χ1v) is 6.81. The number of benzene rings is 1. The predicted octanol–water partition coefficient (Wildman–Crippen LogP) is 3.67. The molecule has 0 heterocycles. The first kappa shape index (κ1) is 15.0. The summed E-state index contributed by atoms with van der Waals surface area (Å²) < 4.78 is 19.7. The fraction of sp³-hybridized carbons (Fsp3) is 0.600. The summed E-state index contributed by atoms with van der Waals surface area (Å²) in [5, 5.41) is 0. The fourth-order valence-corrected chi connectivity index (χ4v) is 1.90. The van der Waals surface area contributed by atoms with Gasteiger partial charge in [-0.15, -0.1) is 0 Å². The molecule has 1 aromatic carbocycles. The molecule has 2 N–H and O–H groups in total. The number of ether oxygens (including phenoxy) is 1. The van der Waals surface area contributed by atoms with Crippen molar-refractivity contribution in [1.82, 2.24) is 0 Å². The maximum Gasteiger partial charge on any atom is 0.165 e. The molecule has 0 bridgehead atoms. The van der Waals surface area contributed by atoms with Gasteiger partial charge in [0.25, 0.3) is 0 Å². The molecule has 1 rings (SSSR count). The first-order chi connectivity index (χ1) is 8.62. The minimum absolute atomic E-state index is 0.0517. The van der Waals surface area contributed by atoms with Gasteiger partial charge in [0.05, 0.1) is 6.10 Å². The number of para-hydroxylation sites is 1. The average molecular weight is 253 g/mol. The number of hydrogen-bond donors (Lipinski definition) is 1. The smallest absolute Gasteiger partial charge is 0.165 e. The Morgan fingerprint density at radius 1 is 1.17 bits per heavy atom. The number of nitrogens with two attached hydrogens (primary N) is 1. The highest BCUT2D eigenvalue weighted by Gasteiger charge is 2.15. The third-order valence-corrected chi connectivity index (χ3v) is 3.25. The van der Waals surface area contributed by atoms with Crippen molar-refractivity contribution in [3.05, 3.63) is 29.6 Å². The Hall–Kier alpha value is -1.09. The summed E-state index contributed by atoms with van der Waals surface area (Å²) in [7, 11) is 0. The van der Waals surface area contributed by atoms with Crippen LogP contribution in [-0.2, 0) is 6.42 Å². The Kier molecular flexibility index (Phi) is 6.13. The van der Waals surface area contributed by atoms with Gasteiger partial charge in [0.2, 0.25) is 0 Å². The Balaban J connectivity index is 2.92. The van der Waals surface area contributed by atoms with Gasteiger partial charge >= 0.3 is 0 Å². The van der Waals surface area contributed by atoms with Crippen LogP contribution in [0.2, 0.25) is 0 Å². The van der Waals surface area contributed by atoms with Crippen LogP contribution in [0, 0.1) is 5.82 Å². The van der Waals surface area contributed by atoms with Crippen LogP contribution in [-0.4, -0.2) is 12.1 Å². The Labute approximate surface area is 109 Å². The Bertz CT molecular complexity index is 364. The van der Waals surface area contributed by atoms with Gasteiger partial charge in [0.1, 0.15) is 0 Å². The zero-order chi connectivity index (χ0) is 13.5. The van der Waals surface area contributed by atoms with E-state index in [0.29, 0.717) is 12.2 Å². The van der Waals surface area contributed by atoms with E-state index in [-0.39, 0.29) is 18.0 Å². The SMILES string of the molecule is CCC(N)Cc1cccc(F)c1OC(CC)CC. The molecular weight excluding hydrogens is 229 g/mol. The molecule has 2 nitrogen and oxygen atoms in total. The van der Waals surface area contributed by atoms with Gasteiger partial charge in [-0.2, -0.15) is 0 Å². The van der Waals surface area contributed by atoms with E-state index < -0.39 is 0 Å². The highest BCUT2D eigenvalue weighted by molar-refractivity contribution is 5.35. The van der Waals surface area contributed by atoms with E-state index >= 15 is 0 Å². The molecule has 18 heavy (non-hydrogen) atoms. The molecule has 0 aliphatic heterocycles. The molecule has 1 atom stereocenters. The van der Waals surface area contributed by atoms with Crippen molar-refractivity contribution in [2.75, 3.05) is 0 Å². The summed E-state index contributed by atoms with van der Waals surface area (Å²) in [5.74, 6) is 0.0952. The number of hydrogen-bond acceptors (Lipinski definition) is 2. The third-order valence-electron chi connectivity index (χ3n) is 3.25. The Morgan fingerprint density at radius 2 is 1.83 bits per heavy atom. The van der Waals surface area contributed by atoms with Gasteiger partial charge in [-0.25, -0.2) is 4.39 Å². The molecule has 0 spiro atoms. The molecule has 1 unspecified atom stereocenters. The quantitative estimate of drug-likeness (QED) is 0.804. The van der Waals surface area contributed by atoms with Crippen LogP contribution in [0.3, 0.4) is 0 Å². The van der Waals surface area contributed by atoms with Crippen molar-refractivity contribution in [2.45, 2.75) is 58.6 Å². The molecular formula is C15H24FNO. The van der Waals surface area contributed by atoms with E-state index in [4.69, 9.17) is 10.5 Å². The summed E-state index contributed by atoms with van der Waals surface area (Å²) in [5.41, 5.74) is 6.81. The molecule has 1 aromatic rings. The lowest BCUT2D eigenvalue weighted by Crippen LogP contribution is -2.23. The van der Waals surface area contributed by atoms with Gasteiger partial charge in [-0.05, 0) is 37.3 Å². The minimum atomic E-state index is -0.289. The van der Waals surface area contributed by atoms with E-state index in [2.05, 4.69) is 0 Å². The van der Waals surface area contributed by atoms with Crippen molar-refractivity contribution in [3.8, 4) is 5.75 Å². The molecule has 0 aromatic heterocycles. The maximum atomic E-state index is 13.9. The van der Waals surface area contributed by atoms with Gasteiger partial charge in [0, 0.05) is 6.04 Å². The standard InChI is InChI=1S/C15H24FNO/c1-4-12(17)10-11-8-7-9-14(16)15(11)18-13(5-2)6-3/h7-9,12-13H,4-6,10,17H2,1-3H3. The van der Waals surface area contributed by atoms with Gasteiger partial charge in [-0.1, -0.05) is 32.9 Å². The largest absolute Gasteiger partial charge is 0.487 e. The van der Waals surface area contributed by atoms with Crippen molar-refractivity contribution in [1.29, 1.82) is 0 Å². The monoisotopic (exact) mass is 253 g/mol. The van der Waals surface area contributed by atoms with Crippen LogP contribution in [0.4, 0.5) is 4.39 Å². The highest BCUT2D eigenvalue weighted by Crippen LogP contribution is 2.26. The van der Waals surface area contributed by atoms with Crippen LogP contribution in [0.25, 0.3) is 0 Å². The molecule has 0 saturated carbocycles. The van der Waals surface area contributed by atoms with Gasteiger partial charge < -0.3 is 10.5 Å². The van der Waals surface area contributed by atoms with E-state index in [1.165, 1.54) is 6.07 Å².